The first-order chi connectivity index (χ1) is 14.7. The van der Waals surface area contributed by atoms with Gasteiger partial charge in [-0.3, -0.25) is 9.79 Å². The number of aliphatic imine (C=N–C) groups is 1. The molecule has 33 heavy (non-hydrogen) atoms. The molecule has 16 heteroatoms. The Labute approximate surface area is 176 Å². The number of hydrogen-bond acceptors (Lipinski definition) is 3. The van der Waals surface area contributed by atoms with E-state index in [1.807, 2.05) is 0 Å². The molecular weight excluding hydrogens is 497 g/mol. The topological polar surface area (TPSA) is 38.7 Å². The Balaban J connectivity index is 3.69. The largest absolute Gasteiger partial charge is 0.466 e. The van der Waals surface area contributed by atoms with E-state index in [4.69, 9.17) is 0 Å². The molecule has 0 N–H and O–H groups in total. The molecular formula is C17H12F13NO2. The van der Waals surface area contributed by atoms with Crippen molar-refractivity contribution in [3.8, 4) is 0 Å². The number of para-hydroxylation sites is 1. The Bertz CT molecular complexity index is 863. The van der Waals surface area contributed by atoms with Crippen molar-refractivity contribution in [1.82, 2.24) is 0 Å². The van der Waals surface area contributed by atoms with E-state index < -0.39 is 66.2 Å². The quantitative estimate of drug-likeness (QED) is 0.218. The molecule has 0 spiro atoms. The molecule has 1 rings (SSSR count). The van der Waals surface area contributed by atoms with Crippen LogP contribution < -0.4 is 0 Å². The van der Waals surface area contributed by atoms with Crippen LogP contribution in [-0.2, 0) is 9.53 Å². The second kappa shape index (κ2) is 9.00. The lowest BCUT2D eigenvalue weighted by Crippen LogP contribution is -2.71. The smallest absolute Gasteiger partial charge is 0.460 e. The number of esters is 1. The molecule has 1 aromatic rings. The highest BCUT2D eigenvalue weighted by molar-refractivity contribution is 6.04. The fraction of sp³-hybridized carbons (Fsp3) is 0.529. The standard InChI is InChI=1S/C17H12F13NO2/c1-2-33-11(32)8-10(31-9-6-4-3-5-7-9)12(18,19)13(20,21)14(22,23)15(24,25)16(26,27)17(28,29)30/h3-7H,2,8H2,1H3. The minimum Gasteiger partial charge on any atom is -0.466 e. The summed E-state index contributed by atoms with van der Waals surface area (Å²) in [5.74, 6) is -39.9. The number of nitrogens with zero attached hydrogens (tertiary/aromatic N) is 1. The molecule has 3 nitrogen and oxygen atoms in total. The first-order valence-electron chi connectivity index (χ1n) is 8.43. The summed E-state index contributed by atoms with van der Waals surface area (Å²) < 4.78 is 178. The van der Waals surface area contributed by atoms with Crippen molar-refractivity contribution >= 4 is 17.4 Å². The fourth-order valence-electron chi connectivity index (χ4n) is 2.18. The Kier molecular flexibility index (Phi) is 7.77. The van der Waals surface area contributed by atoms with E-state index in [-0.39, 0.29) is 0 Å². The Morgan fingerprint density at radius 3 is 1.64 bits per heavy atom. The van der Waals surface area contributed by atoms with Gasteiger partial charge in [0.2, 0.25) is 0 Å². The average Bonchev–Trinajstić information content (AvgIpc) is 2.67. The highest BCUT2D eigenvalue weighted by atomic mass is 19.4. The van der Waals surface area contributed by atoms with Crippen LogP contribution in [0.3, 0.4) is 0 Å². The van der Waals surface area contributed by atoms with E-state index in [2.05, 4.69) is 9.73 Å². The molecule has 188 valence electrons. The highest BCUT2D eigenvalue weighted by Crippen LogP contribution is 2.60. The van der Waals surface area contributed by atoms with Crippen LogP contribution in [0.1, 0.15) is 13.3 Å². The predicted octanol–water partition coefficient (Wildman–Crippen LogP) is 6.45. The monoisotopic (exact) mass is 509 g/mol. The zero-order valence-corrected chi connectivity index (χ0v) is 16.0. The van der Waals surface area contributed by atoms with Gasteiger partial charge < -0.3 is 4.74 Å². The summed E-state index contributed by atoms with van der Waals surface area (Å²) in [6.07, 6.45) is -9.54. The molecule has 0 saturated carbocycles. The molecule has 0 aliphatic rings. The van der Waals surface area contributed by atoms with Crippen molar-refractivity contribution in [2.45, 2.75) is 49.1 Å². The van der Waals surface area contributed by atoms with Gasteiger partial charge in [0.05, 0.1) is 18.7 Å². The van der Waals surface area contributed by atoms with E-state index in [0.29, 0.717) is 0 Å². The van der Waals surface area contributed by atoms with Gasteiger partial charge in [0.25, 0.3) is 0 Å². The fourth-order valence-corrected chi connectivity index (χ4v) is 2.18. The lowest BCUT2D eigenvalue weighted by atomic mass is 9.91. The van der Waals surface area contributed by atoms with Crippen molar-refractivity contribution in [3.05, 3.63) is 30.3 Å². The molecule has 0 radical (unpaired) electrons. The summed E-state index contributed by atoms with van der Waals surface area (Å²) in [6, 6.07) is 4.98. The van der Waals surface area contributed by atoms with Gasteiger partial charge in [-0.15, -0.1) is 0 Å². The summed E-state index contributed by atoms with van der Waals surface area (Å²) >= 11 is 0. The third-order valence-electron chi connectivity index (χ3n) is 3.93. The van der Waals surface area contributed by atoms with Crippen LogP contribution >= 0.6 is 0 Å². The zero-order valence-electron chi connectivity index (χ0n) is 16.0. The number of alkyl halides is 13. The highest BCUT2D eigenvalue weighted by Gasteiger charge is 2.91. The Hall–Kier alpha value is -2.55. The SMILES string of the molecule is CCOC(=O)CC(=Nc1ccccc1)C(F)(F)C(F)(F)C(F)(F)C(F)(F)C(F)(F)C(F)(F)F. The van der Waals surface area contributed by atoms with Crippen LogP contribution in [0.25, 0.3) is 0 Å². The predicted molar refractivity (Wildman–Crippen MR) is 85.6 cm³/mol. The van der Waals surface area contributed by atoms with E-state index in [1.165, 1.54) is 6.07 Å². The normalized spacial score (nSPS) is 14.9. The van der Waals surface area contributed by atoms with Crippen LogP contribution in [0.5, 0.6) is 0 Å². The maximum Gasteiger partial charge on any atom is 0.460 e. The molecule has 0 atom stereocenters. The third kappa shape index (κ3) is 4.88. The lowest BCUT2D eigenvalue weighted by molar-refractivity contribution is -0.434. The molecule has 0 saturated heterocycles. The van der Waals surface area contributed by atoms with Gasteiger partial charge in [-0.05, 0) is 19.1 Å². The molecule has 0 heterocycles. The maximum atomic E-state index is 14.4. The van der Waals surface area contributed by atoms with Gasteiger partial charge in [-0.25, -0.2) is 0 Å². The molecule has 0 aliphatic heterocycles. The van der Waals surface area contributed by atoms with Crippen molar-refractivity contribution < 1.29 is 66.6 Å². The summed E-state index contributed by atoms with van der Waals surface area (Å²) in [5.41, 5.74) is -3.26. The summed E-state index contributed by atoms with van der Waals surface area (Å²) in [7, 11) is 0. The van der Waals surface area contributed by atoms with Crippen LogP contribution in [0.2, 0.25) is 0 Å². The number of carbonyl (C=O) groups is 1. The first kappa shape index (κ1) is 28.5. The maximum absolute atomic E-state index is 14.4. The van der Waals surface area contributed by atoms with E-state index in [0.717, 1.165) is 31.2 Å². The van der Waals surface area contributed by atoms with Gasteiger partial charge in [-0.1, -0.05) is 18.2 Å². The third-order valence-corrected chi connectivity index (χ3v) is 3.93. The van der Waals surface area contributed by atoms with Crippen LogP contribution in [-0.4, -0.2) is 54.1 Å². The molecule has 0 bridgehead atoms. The number of carbonyl (C=O) groups excluding carboxylic acids is 1. The van der Waals surface area contributed by atoms with Crippen molar-refractivity contribution in [2.75, 3.05) is 6.61 Å². The molecule has 0 aliphatic carbocycles. The van der Waals surface area contributed by atoms with Crippen LogP contribution in [0.15, 0.2) is 35.3 Å². The first-order valence-corrected chi connectivity index (χ1v) is 8.43. The minimum atomic E-state index is -8.05. The second-order valence-electron chi connectivity index (χ2n) is 6.25. The molecule has 1 aromatic carbocycles. The van der Waals surface area contributed by atoms with Crippen LogP contribution in [0.4, 0.5) is 62.8 Å². The number of rotatable bonds is 9. The molecule has 0 fully saturated rings. The minimum absolute atomic E-state index is 0.550. The zero-order chi connectivity index (χ0) is 26.1. The molecule has 0 amide bonds. The van der Waals surface area contributed by atoms with Gasteiger partial charge in [0, 0.05) is 0 Å². The van der Waals surface area contributed by atoms with E-state index in [1.54, 1.807) is 0 Å². The number of ether oxygens (including phenoxy) is 1. The van der Waals surface area contributed by atoms with Crippen molar-refractivity contribution in [3.63, 3.8) is 0 Å². The summed E-state index contributed by atoms with van der Waals surface area (Å²) in [5, 5.41) is 0. The summed E-state index contributed by atoms with van der Waals surface area (Å²) in [4.78, 5) is 14.3. The number of hydrogen-bond donors (Lipinski definition) is 0. The van der Waals surface area contributed by atoms with Crippen molar-refractivity contribution in [2.24, 2.45) is 4.99 Å². The summed E-state index contributed by atoms with van der Waals surface area (Å²) in [6.45, 7) is 0.554. The Morgan fingerprint density at radius 1 is 0.758 bits per heavy atom. The van der Waals surface area contributed by atoms with E-state index >= 15 is 0 Å². The molecule has 0 unspecified atom stereocenters. The average molecular weight is 509 g/mol. The number of halogens is 13. The lowest BCUT2D eigenvalue weighted by Gasteiger charge is -2.39. The molecule has 0 aromatic heterocycles. The van der Waals surface area contributed by atoms with Gasteiger partial charge in [0.1, 0.15) is 5.71 Å². The van der Waals surface area contributed by atoms with Crippen molar-refractivity contribution in [1.29, 1.82) is 0 Å². The van der Waals surface area contributed by atoms with E-state index in [9.17, 15) is 61.9 Å². The van der Waals surface area contributed by atoms with Gasteiger partial charge in [0.15, 0.2) is 0 Å². The van der Waals surface area contributed by atoms with Crippen LogP contribution in [0, 0.1) is 0 Å². The second-order valence-corrected chi connectivity index (χ2v) is 6.25. The Morgan fingerprint density at radius 2 is 1.21 bits per heavy atom. The van der Waals surface area contributed by atoms with Gasteiger partial charge >= 0.3 is 41.8 Å². The number of benzene rings is 1. The van der Waals surface area contributed by atoms with Gasteiger partial charge in [-0.2, -0.15) is 57.1 Å².